The van der Waals surface area contributed by atoms with E-state index in [4.69, 9.17) is 9.47 Å². The summed E-state index contributed by atoms with van der Waals surface area (Å²) < 4.78 is 10.1. The molecule has 8 heteroatoms. The number of aryl methyl sites for hydroxylation is 1. The van der Waals surface area contributed by atoms with E-state index < -0.39 is 0 Å². The molecule has 27 heavy (non-hydrogen) atoms. The predicted molar refractivity (Wildman–Crippen MR) is 105 cm³/mol. The zero-order valence-corrected chi connectivity index (χ0v) is 16.5. The maximum atomic E-state index is 12.6. The average molecular weight is 391 g/mol. The molecule has 0 saturated heterocycles. The minimum atomic E-state index is -0.204. The molecule has 2 amide bonds. The first-order valence-corrected chi connectivity index (χ1v) is 9.58. The number of hydrogen-bond donors (Lipinski definition) is 1. The van der Waals surface area contributed by atoms with Gasteiger partial charge in [0.15, 0.2) is 5.13 Å². The lowest BCUT2D eigenvalue weighted by Crippen LogP contribution is -2.36. The van der Waals surface area contributed by atoms with Gasteiger partial charge in [0.25, 0.3) is 5.91 Å². The van der Waals surface area contributed by atoms with Gasteiger partial charge >= 0.3 is 0 Å². The molecule has 0 aliphatic heterocycles. The fraction of sp³-hybridized carbons (Fsp3) is 0.421. The zero-order valence-electron chi connectivity index (χ0n) is 15.6. The number of thiazole rings is 1. The molecule has 0 bridgehead atoms. The average Bonchev–Trinajstić information content (AvgIpc) is 3.15. The van der Waals surface area contributed by atoms with Crippen LogP contribution in [0.4, 0.5) is 5.13 Å². The van der Waals surface area contributed by atoms with Crippen molar-refractivity contribution in [3.8, 4) is 0 Å². The molecule has 0 aliphatic carbocycles. The van der Waals surface area contributed by atoms with E-state index in [1.165, 1.54) is 11.3 Å². The van der Waals surface area contributed by atoms with Crippen molar-refractivity contribution in [2.75, 3.05) is 45.8 Å². The molecule has 0 aliphatic rings. The highest BCUT2D eigenvalue weighted by Crippen LogP contribution is 2.17. The Morgan fingerprint density at radius 3 is 2.41 bits per heavy atom. The zero-order chi connectivity index (χ0) is 19.5. The number of nitrogens with zero attached hydrogens (tertiary/aromatic N) is 2. The minimum Gasteiger partial charge on any atom is -0.383 e. The fourth-order valence-corrected chi connectivity index (χ4v) is 3.09. The van der Waals surface area contributed by atoms with Crippen molar-refractivity contribution in [2.45, 2.75) is 12.8 Å². The van der Waals surface area contributed by atoms with E-state index in [9.17, 15) is 9.59 Å². The second-order valence-electron chi connectivity index (χ2n) is 5.85. The Balaban J connectivity index is 1.89. The molecule has 7 nitrogen and oxygen atoms in total. The van der Waals surface area contributed by atoms with Crippen molar-refractivity contribution in [2.24, 2.45) is 0 Å². The first kappa shape index (κ1) is 21.0. The van der Waals surface area contributed by atoms with Crippen molar-refractivity contribution in [3.05, 3.63) is 47.0 Å². The summed E-state index contributed by atoms with van der Waals surface area (Å²) in [7, 11) is 3.18. The van der Waals surface area contributed by atoms with E-state index in [1.54, 1.807) is 24.5 Å². The summed E-state index contributed by atoms with van der Waals surface area (Å²) >= 11 is 1.24. The van der Waals surface area contributed by atoms with Gasteiger partial charge < -0.3 is 19.7 Å². The van der Waals surface area contributed by atoms with Crippen molar-refractivity contribution in [1.29, 1.82) is 0 Å². The Morgan fingerprint density at radius 2 is 1.78 bits per heavy atom. The van der Waals surface area contributed by atoms with Crippen molar-refractivity contribution in [1.82, 2.24) is 9.88 Å². The molecule has 0 atom stereocenters. The molecule has 0 unspecified atom stereocenters. The van der Waals surface area contributed by atoms with Gasteiger partial charge in [0, 0.05) is 39.1 Å². The van der Waals surface area contributed by atoms with Gasteiger partial charge in [-0.2, -0.15) is 0 Å². The minimum absolute atomic E-state index is 0.122. The van der Waals surface area contributed by atoms with Crippen molar-refractivity contribution < 1.29 is 19.1 Å². The number of carbonyl (C=O) groups excluding carboxylic acids is 2. The molecule has 0 radical (unpaired) electrons. The second-order valence-corrected chi connectivity index (χ2v) is 6.71. The highest BCUT2D eigenvalue weighted by molar-refractivity contribution is 7.14. The van der Waals surface area contributed by atoms with E-state index in [0.29, 0.717) is 50.0 Å². The molecule has 0 saturated carbocycles. The van der Waals surface area contributed by atoms with Crippen LogP contribution in [0.3, 0.4) is 0 Å². The lowest BCUT2D eigenvalue weighted by atomic mass is 10.1. The smallest absolute Gasteiger partial charge is 0.273 e. The summed E-state index contributed by atoms with van der Waals surface area (Å²) in [4.78, 5) is 30.6. The number of ether oxygens (including phenoxy) is 2. The summed E-state index contributed by atoms with van der Waals surface area (Å²) in [5, 5.41) is 4.84. The van der Waals surface area contributed by atoms with Crippen LogP contribution in [0.1, 0.15) is 22.5 Å². The molecule has 0 fully saturated rings. The van der Waals surface area contributed by atoms with Crippen LogP contribution in [0.25, 0.3) is 0 Å². The number of anilines is 1. The molecular weight excluding hydrogens is 366 g/mol. The standard InChI is InChI=1S/C19H25N3O4S/c1-25-12-10-22(11-13-26-2)18(24)16-14-27-19(20-16)21-17(23)9-8-15-6-4-3-5-7-15/h3-7,14H,8-13H2,1-2H3,(H,20,21,23). The van der Waals surface area contributed by atoms with Crippen LogP contribution in [-0.2, 0) is 20.7 Å². The highest BCUT2D eigenvalue weighted by atomic mass is 32.1. The second kappa shape index (κ2) is 11.4. The third kappa shape index (κ3) is 7.09. The normalized spacial score (nSPS) is 10.6. The molecule has 1 aromatic heterocycles. The Hall–Kier alpha value is -2.29. The lowest BCUT2D eigenvalue weighted by molar-refractivity contribution is -0.116. The van der Waals surface area contributed by atoms with Crippen LogP contribution < -0.4 is 5.32 Å². The number of benzene rings is 1. The van der Waals surface area contributed by atoms with Crippen LogP contribution in [0.5, 0.6) is 0 Å². The summed E-state index contributed by atoms with van der Waals surface area (Å²) in [6.07, 6.45) is 1.02. The number of rotatable bonds is 11. The van der Waals surface area contributed by atoms with E-state index in [-0.39, 0.29) is 11.8 Å². The highest BCUT2D eigenvalue weighted by Gasteiger charge is 2.19. The van der Waals surface area contributed by atoms with Gasteiger partial charge in [-0.15, -0.1) is 11.3 Å². The fourth-order valence-electron chi connectivity index (χ4n) is 2.39. The maximum Gasteiger partial charge on any atom is 0.273 e. The SMILES string of the molecule is COCCN(CCOC)C(=O)c1csc(NC(=O)CCc2ccccc2)n1. The summed E-state index contributed by atoms with van der Waals surface area (Å²) in [6.45, 7) is 1.77. The molecule has 2 rings (SSSR count). The first-order chi connectivity index (χ1) is 13.1. The molecule has 0 spiro atoms. The van der Waals surface area contributed by atoms with Crippen molar-refractivity contribution >= 4 is 28.3 Å². The molecule has 2 aromatic rings. The van der Waals surface area contributed by atoms with E-state index in [1.807, 2.05) is 30.3 Å². The molecule has 1 aromatic carbocycles. The Bertz CT molecular complexity index is 713. The van der Waals surface area contributed by atoms with Crippen molar-refractivity contribution in [3.63, 3.8) is 0 Å². The quantitative estimate of drug-likeness (QED) is 0.636. The Kier molecular flexibility index (Phi) is 8.90. The van der Waals surface area contributed by atoms with Gasteiger partial charge in [-0.25, -0.2) is 4.98 Å². The van der Waals surface area contributed by atoms with Gasteiger partial charge in [0.1, 0.15) is 5.69 Å². The van der Waals surface area contributed by atoms with Crippen LogP contribution in [0, 0.1) is 0 Å². The first-order valence-electron chi connectivity index (χ1n) is 8.70. The largest absolute Gasteiger partial charge is 0.383 e. The van der Waals surface area contributed by atoms with Crippen LogP contribution in [0.15, 0.2) is 35.7 Å². The number of aromatic nitrogens is 1. The van der Waals surface area contributed by atoms with Gasteiger partial charge in [-0.05, 0) is 12.0 Å². The predicted octanol–water partition coefficient (Wildman–Crippen LogP) is 2.45. The van der Waals surface area contributed by atoms with Crippen LogP contribution >= 0.6 is 11.3 Å². The molecule has 1 N–H and O–H groups in total. The van der Waals surface area contributed by atoms with Crippen LogP contribution in [-0.4, -0.2) is 62.2 Å². The van der Waals surface area contributed by atoms with E-state index in [0.717, 1.165) is 5.56 Å². The van der Waals surface area contributed by atoms with Gasteiger partial charge in [0.2, 0.25) is 5.91 Å². The third-order valence-corrected chi connectivity index (χ3v) is 4.63. The van der Waals surface area contributed by atoms with Gasteiger partial charge in [0.05, 0.1) is 13.2 Å². The number of carbonyl (C=O) groups is 2. The van der Waals surface area contributed by atoms with Crippen LogP contribution in [0.2, 0.25) is 0 Å². The van der Waals surface area contributed by atoms with Gasteiger partial charge in [-0.3, -0.25) is 9.59 Å². The molecular formula is C19H25N3O4S. The number of nitrogens with one attached hydrogen (secondary N) is 1. The monoisotopic (exact) mass is 391 g/mol. The molecule has 1 heterocycles. The molecule has 146 valence electrons. The Labute approximate surface area is 163 Å². The van der Waals surface area contributed by atoms with E-state index >= 15 is 0 Å². The lowest BCUT2D eigenvalue weighted by Gasteiger charge is -2.20. The number of methoxy groups -OCH3 is 2. The number of amides is 2. The maximum absolute atomic E-state index is 12.6. The summed E-state index contributed by atoms with van der Waals surface area (Å²) in [6, 6.07) is 9.82. The topological polar surface area (TPSA) is 80.8 Å². The van der Waals surface area contributed by atoms with Gasteiger partial charge in [-0.1, -0.05) is 30.3 Å². The summed E-state index contributed by atoms with van der Waals surface area (Å²) in [5.41, 5.74) is 1.42. The van der Waals surface area contributed by atoms with E-state index in [2.05, 4.69) is 10.3 Å². The summed E-state index contributed by atoms with van der Waals surface area (Å²) in [5.74, 6) is -0.326. The number of hydrogen-bond acceptors (Lipinski definition) is 6. The Morgan fingerprint density at radius 1 is 1.11 bits per heavy atom. The third-order valence-electron chi connectivity index (χ3n) is 3.87.